The third-order valence-corrected chi connectivity index (χ3v) is 6.49. The second-order valence-corrected chi connectivity index (χ2v) is 8.65. The van der Waals surface area contributed by atoms with Crippen LogP contribution >= 0.6 is 11.3 Å². The van der Waals surface area contributed by atoms with Crippen molar-refractivity contribution in [2.45, 2.75) is 13.0 Å². The fourth-order valence-corrected chi connectivity index (χ4v) is 4.87. The summed E-state index contributed by atoms with van der Waals surface area (Å²) >= 11 is 1.43. The van der Waals surface area contributed by atoms with Gasteiger partial charge in [0, 0.05) is 35.3 Å². The molecular weight excluding hydrogens is 410 g/mol. The fourth-order valence-electron chi connectivity index (χ4n) is 3.83. The van der Waals surface area contributed by atoms with Crippen molar-refractivity contribution in [2.75, 3.05) is 36.9 Å². The molecule has 158 valence electrons. The number of anilines is 2. The van der Waals surface area contributed by atoms with Gasteiger partial charge in [0.1, 0.15) is 22.6 Å². The highest BCUT2D eigenvalue weighted by atomic mass is 32.1. The van der Waals surface area contributed by atoms with E-state index in [1.165, 1.54) is 11.3 Å². The maximum Gasteiger partial charge on any atom is 0.163 e. The van der Waals surface area contributed by atoms with Crippen molar-refractivity contribution in [3.8, 4) is 11.4 Å². The smallest absolute Gasteiger partial charge is 0.163 e. The number of aliphatic hydroxyl groups is 1. The van der Waals surface area contributed by atoms with E-state index in [9.17, 15) is 5.11 Å². The van der Waals surface area contributed by atoms with Gasteiger partial charge in [0.25, 0.3) is 0 Å². The summed E-state index contributed by atoms with van der Waals surface area (Å²) in [5, 5.41) is 12.0. The first-order valence-corrected chi connectivity index (χ1v) is 11.0. The molecule has 8 heteroatoms. The lowest BCUT2D eigenvalue weighted by molar-refractivity contribution is 0.122. The van der Waals surface area contributed by atoms with Crippen molar-refractivity contribution in [1.29, 1.82) is 0 Å². The molecule has 0 bridgehead atoms. The molecule has 1 unspecified atom stereocenters. The van der Waals surface area contributed by atoms with E-state index < -0.39 is 6.10 Å². The van der Waals surface area contributed by atoms with Crippen LogP contribution in [0.5, 0.6) is 0 Å². The van der Waals surface area contributed by atoms with Gasteiger partial charge in [-0.3, -0.25) is 0 Å². The minimum absolute atomic E-state index is 0.413. The minimum atomic E-state index is -0.826. The van der Waals surface area contributed by atoms with Gasteiger partial charge in [-0.2, -0.15) is 0 Å². The molecule has 4 aromatic rings. The molecule has 1 atom stereocenters. The van der Waals surface area contributed by atoms with Gasteiger partial charge >= 0.3 is 0 Å². The normalized spacial score (nSPS) is 15.4. The number of aliphatic hydroxyl groups excluding tert-OH is 1. The highest BCUT2D eigenvalue weighted by Crippen LogP contribution is 2.37. The summed E-state index contributed by atoms with van der Waals surface area (Å²) in [6.45, 7) is 4.85. The highest BCUT2D eigenvalue weighted by molar-refractivity contribution is 7.18. The largest absolute Gasteiger partial charge is 0.383 e. The van der Waals surface area contributed by atoms with Crippen molar-refractivity contribution < 1.29 is 9.84 Å². The molecule has 0 saturated carbocycles. The summed E-state index contributed by atoms with van der Waals surface area (Å²) < 4.78 is 5.46. The zero-order chi connectivity index (χ0) is 21.4. The average Bonchev–Trinajstić information content (AvgIpc) is 3.24. The van der Waals surface area contributed by atoms with E-state index in [1.807, 2.05) is 49.4 Å². The number of pyridine rings is 1. The Morgan fingerprint density at radius 1 is 1.13 bits per heavy atom. The molecule has 0 aliphatic carbocycles. The number of aryl methyl sites for hydroxylation is 1. The van der Waals surface area contributed by atoms with Crippen LogP contribution in [0.2, 0.25) is 0 Å². The Bertz CT molecular complexity index is 1240. The standard InChI is InChI=1S/C23H23N5O2S/c1-14-4-2-5-15(12-14)21-26-20(24)17-13-18(31-23(17)27-21)19(29)16-6-3-7-25-22(16)28-8-10-30-11-9-28/h2-7,12-13,19,29H,8-11H2,1H3,(H2,24,26,27). The number of benzene rings is 1. The van der Waals surface area contributed by atoms with Crippen LogP contribution in [0.3, 0.4) is 0 Å². The quantitative estimate of drug-likeness (QED) is 0.508. The van der Waals surface area contributed by atoms with Crippen LogP contribution < -0.4 is 10.6 Å². The summed E-state index contributed by atoms with van der Waals surface area (Å²) in [5.41, 5.74) is 9.09. The molecule has 31 heavy (non-hydrogen) atoms. The lowest BCUT2D eigenvalue weighted by atomic mass is 10.1. The Hall–Kier alpha value is -3.07. The predicted octanol–water partition coefficient (Wildman–Crippen LogP) is 3.56. The molecule has 1 fully saturated rings. The van der Waals surface area contributed by atoms with Gasteiger partial charge in [-0.25, -0.2) is 15.0 Å². The first-order valence-electron chi connectivity index (χ1n) is 10.2. The number of nitrogen functional groups attached to an aromatic ring is 1. The molecule has 4 heterocycles. The number of rotatable bonds is 4. The molecule has 1 aromatic carbocycles. The van der Waals surface area contributed by atoms with Gasteiger partial charge in [-0.05, 0) is 25.1 Å². The summed E-state index contributed by atoms with van der Waals surface area (Å²) in [4.78, 5) is 17.5. The predicted molar refractivity (Wildman–Crippen MR) is 123 cm³/mol. The topological polar surface area (TPSA) is 97.4 Å². The molecule has 0 spiro atoms. The first-order chi connectivity index (χ1) is 15.1. The zero-order valence-corrected chi connectivity index (χ0v) is 18.0. The lowest BCUT2D eigenvalue weighted by Gasteiger charge is -2.30. The number of ether oxygens (including phenoxy) is 1. The molecule has 1 saturated heterocycles. The number of nitrogens with zero attached hydrogens (tertiary/aromatic N) is 4. The van der Waals surface area contributed by atoms with Crippen LogP contribution in [0.4, 0.5) is 11.6 Å². The van der Waals surface area contributed by atoms with Gasteiger partial charge in [0.2, 0.25) is 0 Å². The number of morpholine rings is 1. The Kier molecular flexibility index (Phi) is 5.27. The number of aromatic nitrogens is 3. The van der Waals surface area contributed by atoms with Crippen LogP contribution in [-0.4, -0.2) is 46.4 Å². The minimum Gasteiger partial charge on any atom is -0.383 e. The molecular formula is C23H23N5O2S. The van der Waals surface area contributed by atoms with Gasteiger partial charge in [0.05, 0.1) is 18.6 Å². The molecule has 3 N–H and O–H groups in total. The van der Waals surface area contributed by atoms with Crippen LogP contribution in [0, 0.1) is 6.92 Å². The van der Waals surface area contributed by atoms with E-state index in [1.54, 1.807) is 6.20 Å². The summed E-state index contributed by atoms with van der Waals surface area (Å²) in [7, 11) is 0. The second kappa shape index (κ2) is 8.22. The maximum absolute atomic E-state index is 11.2. The molecule has 1 aliphatic heterocycles. The van der Waals surface area contributed by atoms with Crippen LogP contribution in [-0.2, 0) is 4.74 Å². The van der Waals surface area contributed by atoms with E-state index in [2.05, 4.69) is 14.9 Å². The molecule has 1 aliphatic rings. The van der Waals surface area contributed by atoms with Crippen molar-refractivity contribution >= 4 is 33.2 Å². The van der Waals surface area contributed by atoms with E-state index in [4.69, 9.17) is 15.5 Å². The molecule has 5 rings (SSSR count). The van der Waals surface area contributed by atoms with E-state index in [0.717, 1.165) is 50.7 Å². The van der Waals surface area contributed by atoms with Crippen molar-refractivity contribution in [2.24, 2.45) is 0 Å². The number of fused-ring (bicyclic) bond motifs is 1. The Labute approximate surface area is 184 Å². The van der Waals surface area contributed by atoms with E-state index in [-0.39, 0.29) is 0 Å². The monoisotopic (exact) mass is 433 g/mol. The number of nitrogens with two attached hydrogens (primary N) is 1. The summed E-state index contributed by atoms with van der Waals surface area (Å²) in [5.74, 6) is 1.79. The van der Waals surface area contributed by atoms with Crippen molar-refractivity contribution in [3.63, 3.8) is 0 Å². The van der Waals surface area contributed by atoms with Crippen LogP contribution in [0.15, 0.2) is 48.7 Å². The van der Waals surface area contributed by atoms with Crippen LogP contribution in [0.1, 0.15) is 22.1 Å². The molecule has 7 nitrogen and oxygen atoms in total. The highest BCUT2D eigenvalue weighted by Gasteiger charge is 2.23. The van der Waals surface area contributed by atoms with E-state index >= 15 is 0 Å². The second-order valence-electron chi connectivity index (χ2n) is 7.59. The Morgan fingerprint density at radius 3 is 2.77 bits per heavy atom. The molecule has 0 amide bonds. The Balaban J connectivity index is 1.53. The van der Waals surface area contributed by atoms with Crippen molar-refractivity contribution in [1.82, 2.24) is 15.0 Å². The third-order valence-electron chi connectivity index (χ3n) is 5.41. The van der Waals surface area contributed by atoms with Gasteiger partial charge in [-0.15, -0.1) is 11.3 Å². The third kappa shape index (κ3) is 3.85. The fraction of sp³-hybridized carbons (Fsp3) is 0.261. The zero-order valence-electron chi connectivity index (χ0n) is 17.2. The first kappa shape index (κ1) is 19.9. The van der Waals surface area contributed by atoms with Crippen molar-refractivity contribution in [3.05, 3.63) is 64.7 Å². The van der Waals surface area contributed by atoms with Gasteiger partial charge in [-0.1, -0.05) is 29.8 Å². The summed E-state index contributed by atoms with van der Waals surface area (Å²) in [6, 6.07) is 13.7. The number of thiophene rings is 1. The van der Waals surface area contributed by atoms with Gasteiger partial charge in [0.15, 0.2) is 5.82 Å². The van der Waals surface area contributed by atoms with E-state index in [0.29, 0.717) is 24.9 Å². The van der Waals surface area contributed by atoms with Gasteiger partial charge < -0.3 is 20.5 Å². The average molecular weight is 434 g/mol. The number of hydrogen-bond acceptors (Lipinski definition) is 8. The maximum atomic E-state index is 11.2. The SMILES string of the molecule is Cc1cccc(-c2nc(N)c3cc(C(O)c4cccnc4N4CCOCC4)sc3n2)c1. The Morgan fingerprint density at radius 2 is 1.97 bits per heavy atom. The number of hydrogen-bond donors (Lipinski definition) is 2. The molecule has 0 radical (unpaired) electrons. The molecule has 3 aromatic heterocycles. The summed E-state index contributed by atoms with van der Waals surface area (Å²) in [6.07, 6.45) is 0.927. The van der Waals surface area contributed by atoms with Crippen LogP contribution in [0.25, 0.3) is 21.6 Å². The lowest BCUT2D eigenvalue weighted by Crippen LogP contribution is -2.37.